The topological polar surface area (TPSA) is 81.4 Å². The van der Waals surface area contributed by atoms with E-state index in [0.717, 1.165) is 6.42 Å². The molecule has 6 heteroatoms. The molecule has 92 valence electrons. The van der Waals surface area contributed by atoms with Crippen molar-refractivity contribution < 1.29 is 13.2 Å². The first-order chi connectivity index (χ1) is 7.02. The van der Waals surface area contributed by atoms with Gasteiger partial charge in [-0.1, -0.05) is 6.92 Å². The summed E-state index contributed by atoms with van der Waals surface area (Å²) in [6.07, 6.45) is 2.07. The second-order valence-corrected chi connectivity index (χ2v) is 5.44. The molecule has 1 unspecified atom stereocenters. The average molecular weight is 238 g/mol. The van der Waals surface area contributed by atoms with E-state index in [0.29, 0.717) is 26.0 Å². The first-order valence-corrected chi connectivity index (χ1v) is 6.89. The van der Waals surface area contributed by atoms with E-state index >= 15 is 0 Å². The molecule has 0 aliphatic rings. The van der Waals surface area contributed by atoms with Crippen LogP contribution in [0, 0.1) is 0 Å². The molecule has 0 radical (unpaired) electrons. The lowest BCUT2D eigenvalue weighted by Crippen LogP contribution is -2.31. The van der Waals surface area contributed by atoms with E-state index < -0.39 is 10.0 Å². The molecule has 0 aromatic carbocycles. The molecule has 1 atom stereocenters. The van der Waals surface area contributed by atoms with Crippen LogP contribution in [-0.2, 0) is 14.8 Å². The molecule has 0 aliphatic heterocycles. The van der Waals surface area contributed by atoms with E-state index in [1.807, 2.05) is 6.92 Å². The van der Waals surface area contributed by atoms with Crippen LogP contribution in [-0.4, -0.2) is 40.5 Å². The quantitative estimate of drug-likeness (QED) is 0.557. The Hall–Kier alpha value is -0.170. The van der Waals surface area contributed by atoms with Gasteiger partial charge >= 0.3 is 0 Å². The monoisotopic (exact) mass is 238 g/mol. The van der Waals surface area contributed by atoms with Gasteiger partial charge in [0, 0.05) is 26.3 Å². The zero-order chi connectivity index (χ0) is 11.7. The van der Waals surface area contributed by atoms with Gasteiger partial charge in [0.05, 0.1) is 5.75 Å². The van der Waals surface area contributed by atoms with E-state index in [1.165, 1.54) is 0 Å². The van der Waals surface area contributed by atoms with Gasteiger partial charge in [-0.25, -0.2) is 13.1 Å². The van der Waals surface area contributed by atoms with Gasteiger partial charge in [-0.15, -0.1) is 0 Å². The Kier molecular flexibility index (Phi) is 7.95. The van der Waals surface area contributed by atoms with E-state index in [9.17, 15) is 8.42 Å². The number of nitrogens with one attached hydrogen (secondary N) is 1. The van der Waals surface area contributed by atoms with E-state index in [4.69, 9.17) is 10.5 Å². The predicted octanol–water partition coefficient (Wildman–Crippen LogP) is 0.0697. The highest BCUT2D eigenvalue weighted by Gasteiger charge is 2.09. The first kappa shape index (κ1) is 14.8. The summed E-state index contributed by atoms with van der Waals surface area (Å²) in [6, 6.07) is 0.0756. The first-order valence-electron chi connectivity index (χ1n) is 5.23. The van der Waals surface area contributed by atoms with Crippen molar-refractivity contribution in [2.24, 2.45) is 5.73 Å². The van der Waals surface area contributed by atoms with Gasteiger partial charge in [-0.3, -0.25) is 0 Å². The van der Waals surface area contributed by atoms with Crippen LogP contribution in [0.5, 0.6) is 0 Å². The third kappa shape index (κ3) is 8.80. The Labute approximate surface area is 92.4 Å². The molecule has 0 bridgehead atoms. The van der Waals surface area contributed by atoms with Crippen molar-refractivity contribution in [1.29, 1.82) is 0 Å². The zero-order valence-corrected chi connectivity index (χ0v) is 10.3. The number of ether oxygens (including phenoxy) is 1. The summed E-state index contributed by atoms with van der Waals surface area (Å²) in [5, 5.41) is 0. The molecule has 15 heavy (non-hydrogen) atoms. The minimum atomic E-state index is -3.14. The normalized spacial score (nSPS) is 14.1. The lowest BCUT2D eigenvalue weighted by Gasteiger charge is -2.09. The standard InChI is InChI=1S/C9H22N2O3S/c1-3-9(10)5-6-11-15(12,13)8-4-7-14-2/h9,11H,3-8,10H2,1-2H3. The fraction of sp³-hybridized carbons (Fsp3) is 1.00. The molecule has 0 aromatic rings. The summed E-state index contributed by atoms with van der Waals surface area (Å²) < 4.78 is 30.0. The van der Waals surface area contributed by atoms with Crippen molar-refractivity contribution >= 4 is 10.0 Å². The van der Waals surface area contributed by atoms with Crippen LogP contribution in [0.1, 0.15) is 26.2 Å². The minimum Gasteiger partial charge on any atom is -0.385 e. The minimum absolute atomic E-state index is 0.0756. The second kappa shape index (κ2) is 8.04. The summed E-state index contributed by atoms with van der Waals surface area (Å²) in [5.41, 5.74) is 5.67. The van der Waals surface area contributed by atoms with Crippen LogP contribution in [0.15, 0.2) is 0 Å². The molecule has 0 rings (SSSR count). The lowest BCUT2D eigenvalue weighted by molar-refractivity contribution is 0.199. The van der Waals surface area contributed by atoms with Crippen LogP contribution < -0.4 is 10.5 Å². The molecular formula is C9H22N2O3S. The van der Waals surface area contributed by atoms with Gasteiger partial charge in [0.2, 0.25) is 10.0 Å². The van der Waals surface area contributed by atoms with Crippen LogP contribution in [0.3, 0.4) is 0 Å². The van der Waals surface area contributed by atoms with Crippen LogP contribution in [0.2, 0.25) is 0 Å². The van der Waals surface area contributed by atoms with E-state index in [-0.39, 0.29) is 11.8 Å². The van der Waals surface area contributed by atoms with Gasteiger partial charge in [0.1, 0.15) is 0 Å². The van der Waals surface area contributed by atoms with Crippen LogP contribution >= 0.6 is 0 Å². The van der Waals surface area contributed by atoms with Crippen LogP contribution in [0.4, 0.5) is 0 Å². The highest BCUT2D eigenvalue weighted by atomic mass is 32.2. The van der Waals surface area contributed by atoms with Crippen molar-refractivity contribution in [1.82, 2.24) is 4.72 Å². The Morgan fingerprint density at radius 3 is 2.67 bits per heavy atom. The number of hydrogen-bond donors (Lipinski definition) is 2. The lowest BCUT2D eigenvalue weighted by atomic mass is 10.2. The van der Waals surface area contributed by atoms with E-state index in [2.05, 4.69) is 4.72 Å². The molecular weight excluding hydrogens is 216 g/mol. The Morgan fingerprint density at radius 1 is 1.47 bits per heavy atom. The number of hydrogen-bond acceptors (Lipinski definition) is 4. The fourth-order valence-corrected chi connectivity index (χ4v) is 2.14. The number of methoxy groups -OCH3 is 1. The summed E-state index contributed by atoms with van der Waals surface area (Å²) >= 11 is 0. The molecule has 5 nitrogen and oxygen atoms in total. The highest BCUT2D eigenvalue weighted by molar-refractivity contribution is 7.89. The van der Waals surface area contributed by atoms with Gasteiger partial charge in [-0.2, -0.15) is 0 Å². The summed E-state index contributed by atoms with van der Waals surface area (Å²) in [4.78, 5) is 0. The number of rotatable bonds is 9. The molecule has 0 aliphatic carbocycles. The zero-order valence-electron chi connectivity index (χ0n) is 9.53. The molecule has 0 saturated carbocycles. The molecule has 0 aromatic heterocycles. The highest BCUT2D eigenvalue weighted by Crippen LogP contribution is 1.94. The molecule has 0 heterocycles. The van der Waals surface area contributed by atoms with E-state index in [1.54, 1.807) is 7.11 Å². The maximum absolute atomic E-state index is 11.4. The average Bonchev–Trinajstić information content (AvgIpc) is 2.17. The Balaban J connectivity index is 3.65. The Morgan fingerprint density at radius 2 is 2.13 bits per heavy atom. The maximum atomic E-state index is 11.4. The van der Waals surface area contributed by atoms with Crippen LogP contribution in [0.25, 0.3) is 0 Å². The van der Waals surface area contributed by atoms with Gasteiger partial charge in [-0.05, 0) is 19.3 Å². The molecule has 3 N–H and O–H groups in total. The van der Waals surface area contributed by atoms with Crippen molar-refractivity contribution in [3.63, 3.8) is 0 Å². The van der Waals surface area contributed by atoms with Gasteiger partial charge in [0.25, 0.3) is 0 Å². The smallest absolute Gasteiger partial charge is 0.211 e. The molecule has 0 saturated heterocycles. The van der Waals surface area contributed by atoms with Crippen molar-refractivity contribution in [3.05, 3.63) is 0 Å². The van der Waals surface area contributed by atoms with Crippen molar-refractivity contribution in [3.8, 4) is 0 Å². The van der Waals surface area contributed by atoms with Crippen molar-refractivity contribution in [2.45, 2.75) is 32.2 Å². The second-order valence-electron chi connectivity index (χ2n) is 3.52. The molecule has 0 fully saturated rings. The largest absolute Gasteiger partial charge is 0.385 e. The maximum Gasteiger partial charge on any atom is 0.211 e. The molecule has 0 spiro atoms. The summed E-state index contributed by atoms with van der Waals surface area (Å²) in [6.45, 7) is 2.87. The molecule has 0 amide bonds. The van der Waals surface area contributed by atoms with Gasteiger partial charge in [0.15, 0.2) is 0 Å². The third-order valence-electron chi connectivity index (χ3n) is 2.12. The third-order valence-corrected chi connectivity index (χ3v) is 3.59. The fourth-order valence-electron chi connectivity index (χ4n) is 1.07. The van der Waals surface area contributed by atoms with Gasteiger partial charge < -0.3 is 10.5 Å². The van der Waals surface area contributed by atoms with Crippen molar-refractivity contribution in [2.75, 3.05) is 26.0 Å². The summed E-state index contributed by atoms with van der Waals surface area (Å²) in [5.74, 6) is 0.113. The predicted molar refractivity (Wildman–Crippen MR) is 61.2 cm³/mol. The summed E-state index contributed by atoms with van der Waals surface area (Å²) in [7, 11) is -1.59. The number of sulfonamides is 1. The SMILES string of the molecule is CCC(N)CCNS(=O)(=O)CCCOC. The Bertz CT molecular complexity index is 242. The number of nitrogens with two attached hydrogens (primary N) is 1.